The summed E-state index contributed by atoms with van der Waals surface area (Å²) in [6.45, 7) is 6.82. The van der Waals surface area contributed by atoms with Crippen LogP contribution in [0.25, 0.3) is 10.4 Å². The standard InChI is InChI=1S/C20H27NO5S2/c1-6-26-19(22)13-16(21-28(23,24)20(2,3)4)18-11-10-17(27-18)14-8-7-9-15(12-14)25-5/h7-12,16,21H,6,13H2,1-5H3/t16-/m0/s1. The number of nitrogens with one attached hydrogen (secondary N) is 1. The van der Waals surface area contributed by atoms with E-state index in [2.05, 4.69) is 4.72 Å². The van der Waals surface area contributed by atoms with E-state index in [-0.39, 0.29) is 13.0 Å². The van der Waals surface area contributed by atoms with Gasteiger partial charge < -0.3 is 9.47 Å². The Morgan fingerprint density at radius 1 is 1.21 bits per heavy atom. The van der Waals surface area contributed by atoms with E-state index in [0.29, 0.717) is 0 Å². The lowest BCUT2D eigenvalue weighted by atomic mass is 10.1. The first-order chi connectivity index (χ1) is 13.1. The molecule has 154 valence electrons. The van der Waals surface area contributed by atoms with Crippen molar-refractivity contribution >= 4 is 27.3 Å². The van der Waals surface area contributed by atoms with Gasteiger partial charge in [-0.15, -0.1) is 11.3 Å². The molecular formula is C20H27NO5S2. The van der Waals surface area contributed by atoms with E-state index in [9.17, 15) is 13.2 Å². The van der Waals surface area contributed by atoms with Gasteiger partial charge >= 0.3 is 5.97 Å². The van der Waals surface area contributed by atoms with Gasteiger partial charge in [0.1, 0.15) is 5.75 Å². The number of ether oxygens (including phenoxy) is 2. The molecule has 0 unspecified atom stereocenters. The van der Waals surface area contributed by atoms with Gasteiger partial charge in [-0.05, 0) is 57.5 Å². The summed E-state index contributed by atoms with van der Waals surface area (Å²) in [6, 6.07) is 10.7. The van der Waals surface area contributed by atoms with E-state index in [1.807, 2.05) is 36.4 Å². The molecule has 0 saturated carbocycles. The molecule has 0 aliphatic carbocycles. The number of carbonyl (C=O) groups is 1. The molecule has 28 heavy (non-hydrogen) atoms. The van der Waals surface area contributed by atoms with Crippen LogP contribution in [0, 0.1) is 0 Å². The average molecular weight is 426 g/mol. The largest absolute Gasteiger partial charge is 0.497 e. The smallest absolute Gasteiger partial charge is 0.307 e. The fourth-order valence-corrected chi connectivity index (χ4v) is 4.49. The highest BCUT2D eigenvalue weighted by molar-refractivity contribution is 7.90. The zero-order valence-electron chi connectivity index (χ0n) is 16.8. The van der Waals surface area contributed by atoms with E-state index in [0.717, 1.165) is 21.1 Å². The van der Waals surface area contributed by atoms with Gasteiger partial charge in [-0.2, -0.15) is 0 Å². The van der Waals surface area contributed by atoms with Crippen molar-refractivity contribution in [3.8, 4) is 16.2 Å². The Balaban J connectivity index is 2.35. The minimum Gasteiger partial charge on any atom is -0.497 e. The summed E-state index contributed by atoms with van der Waals surface area (Å²) in [4.78, 5) is 13.8. The van der Waals surface area contributed by atoms with Gasteiger partial charge in [0.25, 0.3) is 0 Å². The first-order valence-corrected chi connectivity index (χ1v) is 11.3. The van der Waals surface area contributed by atoms with Gasteiger partial charge in [-0.3, -0.25) is 4.79 Å². The highest BCUT2D eigenvalue weighted by Gasteiger charge is 2.33. The number of methoxy groups -OCH3 is 1. The van der Waals surface area contributed by atoms with Crippen molar-refractivity contribution in [2.45, 2.75) is 44.9 Å². The zero-order chi connectivity index (χ0) is 20.9. The lowest BCUT2D eigenvalue weighted by Crippen LogP contribution is -2.41. The number of esters is 1. The molecule has 0 saturated heterocycles. The normalized spacial score (nSPS) is 13.2. The Morgan fingerprint density at radius 3 is 2.54 bits per heavy atom. The predicted octanol–water partition coefficient (Wildman–Crippen LogP) is 4.14. The summed E-state index contributed by atoms with van der Waals surface area (Å²) in [5.74, 6) is 0.296. The van der Waals surface area contributed by atoms with E-state index in [4.69, 9.17) is 9.47 Å². The van der Waals surface area contributed by atoms with Crippen molar-refractivity contribution in [3.63, 3.8) is 0 Å². The second-order valence-electron chi connectivity index (χ2n) is 7.23. The van der Waals surface area contributed by atoms with E-state index >= 15 is 0 Å². The summed E-state index contributed by atoms with van der Waals surface area (Å²) < 4.78 is 37.3. The quantitative estimate of drug-likeness (QED) is 0.643. The van der Waals surface area contributed by atoms with Gasteiger partial charge in [0.05, 0.1) is 30.9 Å². The van der Waals surface area contributed by atoms with Crippen LogP contribution in [0.15, 0.2) is 36.4 Å². The highest BCUT2D eigenvalue weighted by Crippen LogP contribution is 2.35. The fourth-order valence-electron chi connectivity index (χ4n) is 2.42. The molecule has 0 amide bonds. The van der Waals surface area contributed by atoms with Crippen LogP contribution in [-0.4, -0.2) is 32.9 Å². The van der Waals surface area contributed by atoms with Crippen molar-refractivity contribution in [1.29, 1.82) is 0 Å². The van der Waals surface area contributed by atoms with Gasteiger partial charge in [-0.1, -0.05) is 12.1 Å². The first-order valence-electron chi connectivity index (χ1n) is 8.99. The Morgan fingerprint density at radius 2 is 1.93 bits per heavy atom. The molecule has 2 aromatic rings. The number of benzene rings is 1. The van der Waals surface area contributed by atoms with Crippen molar-refractivity contribution in [1.82, 2.24) is 4.72 Å². The Labute approximate surface area is 170 Å². The molecule has 2 rings (SSSR count). The summed E-state index contributed by atoms with van der Waals surface area (Å²) in [7, 11) is -2.04. The SMILES string of the molecule is CCOC(=O)C[C@H](NS(=O)(=O)C(C)(C)C)c1ccc(-c2cccc(OC)c2)s1. The van der Waals surface area contributed by atoms with Crippen LogP contribution in [0.2, 0.25) is 0 Å². The highest BCUT2D eigenvalue weighted by atomic mass is 32.2. The van der Waals surface area contributed by atoms with Crippen molar-refractivity contribution in [2.24, 2.45) is 0 Å². The van der Waals surface area contributed by atoms with E-state index in [1.54, 1.807) is 34.8 Å². The zero-order valence-corrected chi connectivity index (χ0v) is 18.4. The number of hydrogen-bond donors (Lipinski definition) is 1. The third-order valence-corrected chi connectivity index (χ3v) is 7.56. The maximum atomic E-state index is 12.7. The Hall–Kier alpha value is -1.90. The molecular weight excluding hydrogens is 398 g/mol. The molecule has 6 nitrogen and oxygen atoms in total. The van der Waals surface area contributed by atoms with Crippen molar-refractivity contribution in [3.05, 3.63) is 41.3 Å². The predicted molar refractivity (Wildman–Crippen MR) is 112 cm³/mol. The lowest BCUT2D eigenvalue weighted by molar-refractivity contribution is -0.143. The van der Waals surface area contributed by atoms with Crippen LogP contribution in [0.4, 0.5) is 0 Å². The Kier molecular flexibility index (Phi) is 7.25. The van der Waals surface area contributed by atoms with Crippen molar-refractivity contribution in [2.75, 3.05) is 13.7 Å². The molecule has 0 aliphatic heterocycles. The molecule has 1 N–H and O–H groups in total. The minimum absolute atomic E-state index is 0.0682. The number of carbonyl (C=O) groups excluding carboxylic acids is 1. The van der Waals surface area contributed by atoms with Crippen LogP contribution in [0.3, 0.4) is 0 Å². The van der Waals surface area contributed by atoms with E-state index < -0.39 is 26.8 Å². The third-order valence-electron chi connectivity index (χ3n) is 4.10. The third kappa shape index (κ3) is 5.56. The minimum atomic E-state index is -3.64. The lowest BCUT2D eigenvalue weighted by Gasteiger charge is -2.24. The molecule has 0 aliphatic rings. The number of rotatable bonds is 8. The average Bonchev–Trinajstić information content (AvgIpc) is 3.10. The van der Waals surface area contributed by atoms with Gasteiger partial charge in [-0.25, -0.2) is 13.1 Å². The summed E-state index contributed by atoms with van der Waals surface area (Å²) in [5, 5.41) is 0. The molecule has 0 fully saturated rings. The van der Waals surface area contributed by atoms with Crippen LogP contribution >= 0.6 is 11.3 Å². The molecule has 0 spiro atoms. The molecule has 1 aromatic heterocycles. The first kappa shape index (κ1) is 22.4. The summed E-state index contributed by atoms with van der Waals surface area (Å²) in [6.07, 6.45) is -0.0682. The molecule has 8 heteroatoms. The van der Waals surface area contributed by atoms with E-state index in [1.165, 1.54) is 11.3 Å². The second-order valence-corrected chi connectivity index (χ2v) is 10.8. The number of hydrogen-bond acceptors (Lipinski definition) is 6. The molecule has 1 atom stereocenters. The van der Waals surface area contributed by atoms with Gasteiger partial charge in [0.2, 0.25) is 10.0 Å². The fraction of sp³-hybridized carbons (Fsp3) is 0.450. The van der Waals surface area contributed by atoms with Crippen LogP contribution in [0.1, 0.15) is 45.0 Å². The number of thiophene rings is 1. The maximum Gasteiger partial charge on any atom is 0.307 e. The van der Waals surface area contributed by atoms with Gasteiger partial charge in [0, 0.05) is 9.75 Å². The number of sulfonamides is 1. The molecule has 1 heterocycles. The Bertz CT molecular complexity index is 913. The van der Waals surface area contributed by atoms with Crippen LogP contribution in [-0.2, 0) is 19.6 Å². The maximum absolute atomic E-state index is 12.7. The topological polar surface area (TPSA) is 81.7 Å². The van der Waals surface area contributed by atoms with Gasteiger partial charge in [0.15, 0.2) is 0 Å². The monoisotopic (exact) mass is 425 g/mol. The van der Waals surface area contributed by atoms with Crippen molar-refractivity contribution < 1.29 is 22.7 Å². The molecule has 0 bridgehead atoms. The van der Waals surface area contributed by atoms with Crippen LogP contribution < -0.4 is 9.46 Å². The summed E-state index contributed by atoms with van der Waals surface area (Å²) in [5.41, 5.74) is 0.962. The second kappa shape index (κ2) is 9.07. The summed E-state index contributed by atoms with van der Waals surface area (Å²) >= 11 is 1.43. The molecule has 1 aromatic carbocycles. The van der Waals surface area contributed by atoms with Crippen LogP contribution in [0.5, 0.6) is 5.75 Å². The molecule has 0 radical (unpaired) electrons.